The van der Waals surface area contributed by atoms with E-state index in [1.54, 1.807) is 12.2 Å². The van der Waals surface area contributed by atoms with Crippen LogP contribution in [0.5, 0.6) is 0 Å². The van der Waals surface area contributed by atoms with Gasteiger partial charge in [0.1, 0.15) is 0 Å². The Labute approximate surface area is 77.5 Å². The van der Waals surface area contributed by atoms with Gasteiger partial charge in [-0.3, -0.25) is 5.43 Å². The third-order valence-electron chi connectivity index (χ3n) is 1.05. The first kappa shape index (κ1) is 11.3. The molecule has 0 bridgehead atoms. The number of nitrogens with zero attached hydrogens (tertiary/aromatic N) is 1. The Balaban J connectivity index is 4.09. The first-order valence-corrected chi connectivity index (χ1v) is 3.63. The molecule has 0 saturated carbocycles. The molecule has 4 heteroatoms. The number of urea groups is 1. The molecular weight excluding hydrogens is 166 g/mol. The van der Waals surface area contributed by atoms with E-state index in [9.17, 15) is 4.79 Å². The molecule has 0 rings (SSSR count). The van der Waals surface area contributed by atoms with Crippen LogP contribution in [0.3, 0.4) is 0 Å². The Bertz CT molecular complexity index is 277. The quantitative estimate of drug-likeness (QED) is 0.225. The van der Waals surface area contributed by atoms with Crippen LogP contribution in [-0.2, 0) is 0 Å². The van der Waals surface area contributed by atoms with Crippen LogP contribution in [0.2, 0.25) is 0 Å². The van der Waals surface area contributed by atoms with Gasteiger partial charge < -0.3 is 0 Å². The fourth-order valence-corrected chi connectivity index (χ4v) is 0.471. The van der Waals surface area contributed by atoms with E-state index < -0.39 is 6.03 Å². The van der Waals surface area contributed by atoms with Crippen molar-refractivity contribution in [2.45, 2.75) is 6.92 Å². The average molecular weight is 179 g/mol. The number of amides is 2. The summed E-state index contributed by atoms with van der Waals surface area (Å²) in [6.45, 7) is 9.16. The van der Waals surface area contributed by atoms with Crippen molar-refractivity contribution in [1.82, 2.24) is 5.43 Å². The van der Waals surface area contributed by atoms with Gasteiger partial charge in [0.15, 0.2) is 0 Å². The number of nitrogens with one attached hydrogen (secondary N) is 1. The third-order valence-corrected chi connectivity index (χ3v) is 1.05. The Morgan fingerprint density at radius 3 is 2.54 bits per heavy atom. The SMILES string of the molecule is C=C(C)/C=C\C(=C)/C=N\C(=O)NN. The summed E-state index contributed by atoms with van der Waals surface area (Å²) in [6.07, 6.45) is 4.80. The van der Waals surface area contributed by atoms with Crippen LogP contribution in [-0.4, -0.2) is 12.2 Å². The van der Waals surface area contributed by atoms with Crippen molar-refractivity contribution in [3.8, 4) is 0 Å². The van der Waals surface area contributed by atoms with Gasteiger partial charge in [-0.2, -0.15) is 0 Å². The Morgan fingerprint density at radius 2 is 2.08 bits per heavy atom. The van der Waals surface area contributed by atoms with E-state index in [1.807, 2.05) is 12.3 Å². The van der Waals surface area contributed by atoms with Crippen molar-refractivity contribution < 1.29 is 4.79 Å². The molecular formula is C9H13N3O. The van der Waals surface area contributed by atoms with Crippen LogP contribution >= 0.6 is 0 Å². The standard InChI is InChI=1S/C9H13N3O/c1-7(2)4-5-8(3)6-11-9(13)12-10/h4-6H,1,3,10H2,2H3,(H,12,13)/b5-4-,11-6-. The number of allylic oxidation sites excluding steroid dienone is 4. The van der Waals surface area contributed by atoms with Crippen LogP contribution < -0.4 is 11.3 Å². The summed E-state index contributed by atoms with van der Waals surface area (Å²) in [7, 11) is 0. The molecule has 0 unspecified atom stereocenters. The van der Waals surface area contributed by atoms with Crippen molar-refractivity contribution in [3.63, 3.8) is 0 Å². The Morgan fingerprint density at radius 1 is 1.46 bits per heavy atom. The second kappa shape index (κ2) is 5.91. The fraction of sp³-hybridized carbons (Fsp3) is 0.111. The number of rotatable bonds is 3. The highest BCUT2D eigenvalue weighted by atomic mass is 16.2. The molecule has 0 aliphatic rings. The zero-order valence-corrected chi connectivity index (χ0v) is 7.58. The minimum absolute atomic E-state index is 0.603. The van der Waals surface area contributed by atoms with Crippen LogP contribution in [0.4, 0.5) is 4.79 Å². The van der Waals surface area contributed by atoms with Gasteiger partial charge in [0.2, 0.25) is 0 Å². The molecule has 0 aromatic heterocycles. The van der Waals surface area contributed by atoms with Crippen molar-refractivity contribution in [1.29, 1.82) is 0 Å². The van der Waals surface area contributed by atoms with Crippen molar-refractivity contribution >= 4 is 12.2 Å². The first-order valence-electron chi connectivity index (χ1n) is 3.63. The largest absolute Gasteiger partial charge is 0.355 e. The van der Waals surface area contributed by atoms with Crippen LogP contribution in [0.15, 0.2) is 41.4 Å². The molecule has 0 aromatic rings. The van der Waals surface area contributed by atoms with Gasteiger partial charge in [0.25, 0.3) is 0 Å². The Kier molecular flexibility index (Phi) is 5.14. The number of carbonyl (C=O) groups is 1. The molecule has 13 heavy (non-hydrogen) atoms. The van der Waals surface area contributed by atoms with Crippen molar-refractivity contribution in [2.24, 2.45) is 10.8 Å². The zero-order chi connectivity index (χ0) is 10.3. The fourth-order valence-electron chi connectivity index (χ4n) is 0.471. The number of nitrogens with two attached hydrogens (primary N) is 1. The van der Waals surface area contributed by atoms with Crippen LogP contribution in [0, 0.1) is 0 Å². The van der Waals surface area contributed by atoms with Gasteiger partial charge in [-0.05, 0) is 12.5 Å². The molecule has 0 saturated heterocycles. The molecule has 4 nitrogen and oxygen atoms in total. The van der Waals surface area contributed by atoms with Gasteiger partial charge in [0.05, 0.1) is 0 Å². The lowest BCUT2D eigenvalue weighted by Gasteiger charge is -1.90. The third kappa shape index (κ3) is 6.71. The maximum Gasteiger partial charge on any atom is 0.355 e. The molecule has 0 aliphatic heterocycles. The molecule has 3 N–H and O–H groups in total. The van der Waals surface area contributed by atoms with E-state index in [4.69, 9.17) is 5.84 Å². The Hall–Kier alpha value is -1.68. The van der Waals surface area contributed by atoms with Gasteiger partial charge in [-0.15, -0.1) is 0 Å². The molecule has 0 atom stereocenters. The second-order valence-corrected chi connectivity index (χ2v) is 2.46. The lowest BCUT2D eigenvalue weighted by atomic mass is 10.2. The minimum Gasteiger partial charge on any atom is -0.274 e. The lowest BCUT2D eigenvalue weighted by Crippen LogP contribution is -2.26. The molecule has 0 heterocycles. The van der Waals surface area contributed by atoms with E-state index >= 15 is 0 Å². The highest BCUT2D eigenvalue weighted by Gasteiger charge is 1.88. The summed E-state index contributed by atoms with van der Waals surface area (Å²) in [5.41, 5.74) is 3.37. The monoisotopic (exact) mass is 179 g/mol. The predicted molar refractivity (Wildman–Crippen MR) is 54.3 cm³/mol. The second-order valence-electron chi connectivity index (χ2n) is 2.46. The van der Waals surface area contributed by atoms with Crippen molar-refractivity contribution in [2.75, 3.05) is 0 Å². The van der Waals surface area contributed by atoms with Gasteiger partial charge in [-0.1, -0.05) is 30.9 Å². The molecule has 0 aliphatic carbocycles. The summed E-state index contributed by atoms with van der Waals surface area (Å²) < 4.78 is 0. The molecule has 2 amide bonds. The van der Waals surface area contributed by atoms with Crippen LogP contribution in [0.1, 0.15) is 6.92 Å². The van der Waals surface area contributed by atoms with E-state index in [0.29, 0.717) is 5.57 Å². The highest BCUT2D eigenvalue weighted by molar-refractivity contribution is 5.91. The highest BCUT2D eigenvalue weighted by Crippen LogP contribution is 1.94. The minimum atomic E-state index is -0.607. The van der Waals surface area contributed by atoms with E-state index in [-0.39, 0.29) is 0 Å². The van der Waals surface area contributed by atoms with Gasteiger partial charge in [0, 0.05) is 6.21 Å². The smallest absolute Gasteiger partial charge is 0.274 e. The predicted octanol–water partition coefficient (Wildman–Crippen LogP) is 1.33. The zero-order valence-electron chi connectivity index (χ0n) is 7.58. The van der Waals surface area contributed by atoms with Gasteiger partial charge >= 0.3 is 6.03 Å². The van der Waals surface area contributed by atoms with Crippen LogP contribution in [0.25, 0.3) is 0 Å². The number of hydrazine groups is 1. The maximum absolute atomic E-state index is 10.5. The number of hydrogen-bond acceptors (Lipinski definition) is 2. The average Bonchev–Trinajstić information content (AvgIpc) is 2.10. The van der Waals surface area contributed by atoms with Crippen molar-refractivity contribution in [3.05, 3.63) is 36.5 Å². The topological polar surface area (TPSA) is 67.5 Å². The summed E-state index contributed by atoms with van der Waals surface area (Å²) in [5.74, 6) is 4.81. The molecule has 70 valence electrons. The molecule has 0 radical (unpaired) electrons. The number of aliphatic imine (C=N–C) groups is 1. The van der Waals surface area contributed by atoms with E-state index in [0.717, 1.165) is 5.57 Å². The molecule has 0 aromatic carbocycles. The summed E-state index contributed by atoms with van der Waals surface area (Å²) in [4.78, 5) is 14.0. The molecule has 0 fully saturated rings. The summed E-state index contributed by atoms with van der Waals surface area (Å²) >= 11 is 0. The summed E-state index contributed by atoms with van der Waals surface area (Å²) in [5, 5.41) is 0. The number of carbonyl (C=O) groups excluding carboxylic acids is 1. The molecule has 0 spiro atoms. The van der Waals surface area contributed by atoms with E-state index in [1.165, 1.54) is 6.21 Å². The summed E-state index contributed by atoms with van der Waals surface area (Å²) in [6, 6.07) is -0.607. The normalized spacial score (nSPS) is 10.6. The van der Waals surface area contributed by atoms with E-state index in [2.05, 4.69) is 18.2 Å². The maximum atomic E-state index is 10.5. The lowest BCUT2D eigenvalue weighted by molar-refractivity contribution is 0.249. The van der Waals surface area contributed by atoms with Gasteiger partial charge in [-0.25, -0.2) is 15.6 Å². The first-order chi connectivity index (χ1) is 6.06. The number of hydrogen-bond donors (Lipinski definition) is 2.